The zero-order valence-corrected chi connectivity index (χ0v) is 12.0. The number of aliphatic hydroxyl groups is 2. The van der Waals surface area contributed by atoms with Gasteiger partial charge in [-0.25, -0.2) is 4.39 Å². The lowest BCUT2D eigenvalue weighted by Crippen LogP contribution is -2.06. The Kier molecular flexibility index (Phi) is 5.10. The molecule has 0 spiro atoms. The molecule has 0 aliphatic rings. The molecule has 0 amide bonds. The van der Waals surface area contributed by atoms with Crippen molar-refractivity contribution < 1.29 is 27.8 Å². The Morgan fingerprint density at radius 1 is 0.864 bits per heavy atom. The average Bonchev–Trinajstić information content (AvgIpc) is 2.48. The highest BCUT2D eigenvalue weighted by atomic mass is 32.2. The molecule has 2 N–H and O–H groups in total. The fourth-order valence-electron chi connectivity index (χ4n) is 1.87. The van der Waals surface area contributed by atoms with Crippen molar-refractivity contribution in [1.82, 2.24) is 0 Å². The zero-order valence-electron chi connectivity index (χ0n) is 11.2. The lowest BCUT2D eigenvalue weighted by atomic mass is 10.1. The summed E-state index contributed by atoms with van der Waals surface area (Å²) in [7, 11) is 0. The van der Waals surface area contributed by atoms with Gasteiger partial charge in [0.25, 0.3) is 0 Å². The molecule has 2 nitrogen and oxygen atoms in total. The van der Waals surface area contributed by atoms with Crippen LogP contribution in [0.2, 0.25) is 0 Å². The number of benzene rings is 2. The van der Waals surface area contributed by atoms with Crippen molar-refractivity contribution >= 4 is 11.8 Å². The fraction of sp³-hybridized carbons (Fsp3) is 0.200. The molecule has 0 aromatic heterocycles. The van der Waals surface area contributed by atoms with Crippen LogP contribution in [-0.2, 0) is 19.4 Å². The van der Waals surface area contributed by atoms with Crippen LogP contribution >= 0.6 is 11.8 Å². The summed E-state index contributed by atoms with van der Waals surface area (Å²) in [6.45, 7) is -0.947. The van der Waals surface area contributed by atoms with E-state index in [-0.39, 0.29) is 5.56 Å². The smallest absolute Gasteiger partial charge is 0.392 e. The van der Waals surface area contributed by atoms with E-state index in [9.17, 15) is 27.8 Å². The third-order valence-corrected chi connectivity index (χ3v) is 4.21. The largest absolute Gasteiger partial charge is 0.416 e. The van der Waals surface area contributed by atoms with Crippen molar-refractivity contribution in [2.75, 3.05) is 0 Å². The van der Waals surface area contributed by atoms with Crippen molar-refractivity contribution in [2.24, 2.45) is 0 Å². The van der Waals surface area contributed by atoms with Crippen molar-refractivity contribution in [2.45, 2.75) is 29.2 Å². The summed E-state index contributed by atoms with van der Waals surface area (Å²) in [5.41, 5.74) is -0.399. The first kappa shape index (κ1) is 16.8. The summed E-state index contributed by atoms with van der Waals surface area (Å²) >= 11 is 1.06. The van der Waals surface area contributed by atoms with Crippen LogP contribution < -0.4 is 0 Å². The molecule has 118 valence electrons. The Labute approximate surface area is 128 Å². The third kappa shape index (κ3) is 3.79. The van der Waals surface area contributed by atoms with Crippen LogP contribution in [-0.4, -0.2) is 10.2 Å². The SMILES string of the molecule is OCc1cc(F)ccc1Sc1ccc(C(F)(F)F)cc1CO. The number of aliphatic hydroxyl groups excluding tert-OH is 2. The van der Waals surface area contributed by atoms with Gasteiger partial charge in [-0.1, -0.05) is 11.8 Å². The topological polar surface area (TPSA) is 40.5 Å². The minimum Gasteiger partial charge on any atom is -0.392 e. The molecule has 0 unspecified atom stereocenters. The number of halogens is 4. The second-order valence-corrected chi connectivity index (χ2v) is 5.57. The molecule has 22 heavy (non-hydrogen) atoms. The van der Waals surface area contributed by atoms with Crippen molar-refractivity contribution in [3.8, 4) is 0 Å². The second kappa shape index (κ2) is 6.68. The minimum atomic E-state index is -4.49. The van der Waals surface area contributed by atoms with Gasteiger partial charge in [-0.3, -0.25) is 0 Å². The molecule has 0 bridgehead atoms. The first-order valence-electron chi connectivity index (χ1n) is 6.23. The van der Waals surface area contributed by atoms with Gasteiger partial charge in [-0.2, -0.15) is 13.2 Å². The summed E-state index contributed by atoms with van der Waals surface area (Å²) in [6, 6.07) is 6.84. The van der Waals surface area contributed by atoms with Crippen LogP contribution in [0, 0.1) is 5.82 Å². The van der Waals surface area contributed by atoms with Crippen molar-refractivity contribution in [3.63, 3.8) is 0 Å². The highest BCUT2D eigenvalue weighted by Crippen LogP contribution is 2.37. The molecule has 0 saturated carbocycles. The number of alkyl halides is 3. The molecular weight excluding hydrogens is 320 g/mol. The van der Waals surface area contributed by atoms with Crippen molar-refractivity contribution in [3.05, 3.63) is 58.9 Å². The van der Waals surface area contributed by atoms with Gasteiger partial charge in [0.15, 0.2) is 0 Å². The van der Waals surface area contributed by atoms with E-state index in [4.69, 9.17) is 0 Å². The van der Waals surface area contributed by atoms with E-state index in [0.717, 1.165) is 30.0 Å². The van der Waals surface area contributed by atoms with E-state index in [0.29, 0.717) is 15.4 Å². The number of hydrogen-bond donors (Lipinski definition) is 2. The molecule has 0 aliphatic carbocycles. The Hall–Kier alpha value is -1.57. The van der Waals surface area contributed by atoms with Crippen LogP contribution in [0.25, 0.3) is 0 Å². The molecule has 0 aliphatic heterocycles. The molecule has 0 saturated heterocycles. The molecule has 0 heterocycles. The van der Waals surface area contributed by atoms with Gasteiger partial charge in [0, 0.05) is 9.79 Å². The van der Waals surface area contributed by atoms with Crippen LogP contribution in [0.4, 0.5) is 17.6 Å². The maximum absolute atomic E-state index is 13.1. The van der Waals surface area contributed by atoms with Gasteiger partial charge in [0.05, 0.1) is 18.8 Å². The highest BCUT2D eigenvalue weighted by molar-refractivity contribution is 7.99. The second-order valence-electron chi connectivity index (χ2n) is 4.49. The quantitative estimate of drug-likeness (QED) is 0.832. The standard InChI is InChI=1S/C15H12F4O2S/c16-12-2-4-14(10(6-12)8-21)22-13-3-1-11(15(17,18)19)5-9(13)7-20/h1-6,20-21H,7-8H2. The molecule has 7 heteroatoms. The van der Waals surface area contributed by atoms with Crippen LogP contribution in [0.15, 0.2) is 46.2 Å². The summed E-state index contributed by atoms with van der Waals surface area (Å²) in [5, 5.41) is 18.5. The van der Waals surface area contributed by atoms with E-state index < -0.39 is 30.8 Å². The molecule has 0 fully saturated rings. The van der Waals surface area contributed by atoms with Crippen LogP contribution in [0.3, 0.4) is 0 Å². The number of hydrogen-bond acceptors (Lipinski definition) is 3. The van der Waals surface area contributed by atoms with E-state index in [1.54, 1.807) is 0 Å². The molecule has 0 radical (unpaired) electrons. The summed E-state index contributed by atoms with van der Waals surface area (Å²) in [6.07, 6.45) is -4.49. The molecule has 2 aromatic carbocycles. The third-order valence-electron chi connectivity index (χ3n) is 2.97. The Bertz CT molecular complexity index is 671. The van der Waals surface area contributed by atoms with E-state index in [1.165, 1.54) is 18.2 Å². The van der Waals surface area contributed by atoms with Crippen molar-refractivity contribution in [1.29, 1.82) is 0 Å². The molecule has 2 aromatic rings. The van der Waals surface area contributed by atoms with E-state index >= 15 is 0 Å². The van der Waals surface area contributed by atoms with Crippen LogP contribution in [0.1, 0.15) is 16.7 Å². The predicted octanol–water partition coefficient (Wildman–Crippen LogP) is 3.98. The van der Waals surface area contributed by atoms with Gasteiger partial charge in [-0.05, 0) is 47.5 Å². The molecule has 0 atom stereocenters. The first-order valence-corrected chi connectivity index (χ1v) is 7.05. The van der Waals surface area contributed by atoms with Crippen LogP contribution in [0.5, 0.6) is 0 Å². The van der Waals surface area contributed by atoms with Gasteiger partial charge in [0.1, 0.15) is 5.82 Å². The normalized spacial score (nSPS) is 11.7. The predicted molar refractivity (Wildman–Crippen MR) is 73.8 cm³/mol. The maximum Gasteiger partial charge on any atom is 0.416 e. The Morgan fingerprint density at radius 2 is 1.41 bits per heavy atom. The summed E-state index contributed by atoms with van der Waals surface area (Å²) in [4.78, 5) is 0.926. The average molecular weight is 332 g/mol. The maximum atomic E-state index is 13.1. The Balaban J connectivity index is 2.38. The molecular formula is C15H12F4O2S. The number of rotatable bonds is 4. The summed E-state index contributed by atoms with van der Waals surface area (Å²) in [5.74, 6) is -0.511. The Morgan fingerprint density at radius 3 is 1.95 bits per heavy atom. The van der Waals surface area contributed by atoms with Gasteiger partial charge in [0.2, 0.25) is 0 Å². The van der Waals surface area contributed by atoms with E-state index in [2.05, 4.69) is 0 Å². The first-order chi connectivity index (χ1) is 10.3. The van der Waals surface area contributed by atoms with Gasteiger partial charge >= 0.3 is 6.18 Å². The minimum absolute atomic E-state index is 0.119. The van der Waals surface area contributed by atoms with Gasteiger partial charge < -0.3 is 10.2 Å². The lowest BCUT2D eigenvalue weighted by Gasteiger charge is -2.13. The highest BCUT2D eigenvalue weighted by Gasteiger charge is 2.31. The lowest BCUT2D eigenvalue weighted by molar-refractivity contribution is -0.137. The van der Waals surface area contributed by atoms with E-state index in [1.807, 2.05) is 0 Å². The monoisotopic (exact) mass is 332 g/mol. The fourth-order valence-corrected chi connectivity index (χ4v) is 2.89. The zero-order chi connectivity index (χ0) is 16.3. The summed E-state index contributed by atoms with van der Waals surface area (Å²) < 4.78 is 51.1. The van der Waals surface area contributed by atoms with Gasteiger partial charge in [-0.15, -0.1) is 0 Å². The molecule has 2 rings (SSSR count).